The quantitative estimate of drug-likeness (QED) is 0.573. The summed E-state index contributed by atoms with van der Waals surface area (Å²) in [6, 6.07) is 18.3. The molecule has 0 radical (unpaired) electrons. The summed E-state index contributed by atoms with van der Waals surface area (Å²) >= 11 is 0. The number of carbonyl (C=O) groups is 1. The zero-order valence-electron chi connectivity index (χ0n) is 17.1. The van der Waals surface area contributed by atoms with E-state index in [0.29, 0.717) is 29.3 Å². The Morgan fingerprint density at radius 3 is 2.20 bits per heavy atom. The molecular formula is C23H24N2O4S. The molecule has 0 atom stereocenters. The van der Waals surface area contributed by atoms with Crippen molar-refractivity contribution in [2.45, 2.75) is 25.7 Å². The second-order valence-corrected chi connectivity index (χ2v) is 8.60. The molecule has 0 saturated carbocycles. The summed E-state index contributed by atoms with van der Waals surface area (Å²) in [7, 11) is -3.79. The molecule has 7 heteroatoms. The number of rotatable bonds is 7. The van der Waals surface area contributed by atoms with Crippen molar-refractivity contribution in [2.24, 2.45) is 0 Å². The van der Waals surface area contributed by atoms with Gasteiger partial charge in [-0.3, -0.25) is 9.52 Å². The Bertz CT molecular complexity index is 1140. The van der Waals surface area contributed by atoms with Crippen LogP contribution in [0, 0.1) is 13.8 Å². The molecule has 0 aliphatic heterocycles. The van der Waals surface area contributed by atoms with Gasteiger partial charge < -0.3 is 10.1 Å². The molecule has 0 aliphatic carbocycles. The lowest BCUT2D eigenvalue weighted by Crippen LogP contribution is -2.15. The van der Waals surface area contributed by atoms with Gasteiger partial charge in [0.05, 0.1) is 11.5 Å². The van der Waals surface area contributed by atoms with Crippen LogP contribution in [-0.4, -0.2) is 20.9 Å². The van der Waals surface area contributed by atoms with Crippen LogP contribution in [0.4, 0.5) is 11.4 Å². The van der Waals surface area contributed by atoms with Crippen molar-refractivity contribution in [1.82, 2.24) is 0 Å². The first kappa shape index (κ1) is 21.4. The number of benzene rings is 3. The van der Waals surface area contributed by atoms with E-state index in [9.17, 15) is 13.2 Å². The summed E-state index contributed by atoms with van der Waals surface area (Å²) in [5, 5.41) is 2.85. The van der Waals surface area contributed by atoms with Gasteiger partial charge in [0.25, 0.3) is 15.9 Å². The van der Waals surface area contributed by atoms with Crippen LogP contribution in [0.5, 0.6) is 5.75 Å². The molecule has 30 heavy (non-hydrogen) atoms. The van der Waals surface area contributed by atoms with Gasteiger partial charge in [0.2, 0.25) is 0 Å². The van der Waals surface area contributed by atoms with Gasteiger partial charge in [-0.05, 0) is 86.5 Å². The lowest BCUT2D eigenvalue weighted by molar-refractivity contribution is 0.102. The van der Waals surface area contributed by atoms with Gasteiger partial charge in [-0.1, -0.05) is 12.1 Å². The maximum Gasteiger partial charge on any atom is 0.261 e. The van der Waals surface area contributed by atoms with Crippen molar-refractivity contribution in [3.8, 4) is 5.75 Å². The van der Waals surface area contributed by atoms with Crippen LogP contribution in [-0.2, 0) is 10.0 Å². The molecule has 3 aromatic carbocycles. The van der Waals surface area contributed by atoms with Crippen molar-refractivity contribution in [2.75, 3.05) is 16.6 Å². The summed E-state index contributed by atoms with van der Waals surface area (Å²) in [6.45, 7) is 6.27. The highest BCUT2D eigenvalue weighted by atomic mass is 32.2. The average molecular weight is 425 g/mol. The number of amides is 1. The van der Waals surface area contributed by atoms with E-state index < -0.39 is 10.0 Å². The molecule has 156 valence electrons. The first-order chi connectivity index (χ1) is 14.3. The van der Waals surface area contributed by atoms with Gasteiger partial charge in [0, 0.05) is 16.9 Å². The Morgan fingerprint density at radius 1 is 0.900 bits per heavy atom. The fraction of sp³-hybridized carbons (Fsp3) is 0.174. The van der Waals surface area contributed by atoms with E-state index in [4.69, 9.17) is 4.74 Å². The number of carbonyl (C=O) groups excluding carboxylic acids is 1. The zero-order chi connectivity index (χ0) is 21.7. The van der Waals surface area contributed by atoms with Crippen molar-refractivity contribution >= 4 is 27.3 Å². The molecule has 3 rings (SSSR count). The van der Waals surface area contributed by atoms with Crippen LogP contribution in [0.3, 0.4) is 0 Å². The van der Waals surface area contributed by atoms with Gasteiger partial charge in [0.1, 0.15) is 5.75 Å². The minimum atomic E-state index is -3.79. The van der Waals surface area contributed by atoms with E-state index in [1.54, 1.807) is 30.3 Å². The van der Waals surface area contributed by atoms with Crippen LogP contribution >= 0.6 is 0 Å². The van der Waals surface area contributed by atoms with Crippen LogP contribution in [0.1, 0.15) is 28.4 Å². The Labute approximate surface area is 177 Å². The van der Waals surface area contributed by atoms with Gasteiger partial charge in [-0.15, -0.1) is 0 Å². The molecule has 1 amide bonds. The van der Waals surface area contributed by atoms with Gasteiger partial charge in [-0.25, -0.2) is 8.42 Å². The van der Waals surface area contributed by atoms with E-state index in [1.807, 2.05) is 39.0 Å². The van der Waals surface area contributed by atoms with Crippen molar-refractivity contribution < 1.29 is 17.9 Å². The monoisotopic (exact) mass is 424 g/mol. The third-order valence-electron chi connectivity index (χ3n) is 4.30. The maximum absolute atomic E-state index is 12.7. The van der Waals surface area contributed by atoms with Crippen molar-refractivity contribution in [3.05, 3.63) is 83.4 Å². The van der Waals surface area contributed by atoms with Gasteiger partial charge >= 0.3 is 0 Å². The minimum absolute atomic E-state index is 0.107. The fourth-order valence-corrected chi connectivity index (χ4v) is 4.12. The number of aryl methyl sites for hydroxylation is 2. The Balaban J connectivity index is 1.76. The van der Waals surface area contributed by atoms with Crippen LogP contribution in [0.25, 0.3) is 0 Å². The SMILES string of the molecule is CCOc1ccc(S(=O)(=O)Nc2cccc(C(=O)Nc3cc(C)cc(C)c3)c2)cc1. The Morgan fingerprint density at radius 2 is 1.57 bits per heavy atom. The summed E-state index contributed by atoms with van der Waals surface area (Å²) in [5.41, 5.74) is 3.43. The summed E-state index contributed by atoms with van der Waals surface area (Å²) in [4.78, 5) is 12.7. The van der Waals surface area contributed by atoms with Gasteiger partial charge in [-0.2, -0.15) is 0 Å². The number of hydrogen-bond donors (Lipinski definition) is 2. The summed E-state index contributed by atoms with van der Waals surface area (Å²) in [5.74, 6) is 0.281. The normalized spacial score (nSPS) is 11.0. The van der Waals surface area contributed by atoms with E-state index in [1.165, 1.54) is 18.2 Å². The summed E-state index contributed by atoms with van der Waals surface area (Å²) in [6.07, 6.45) is 0. The average Bonchev–Trinajstić information content (AvgIpc) is 2.68. The molecule has 0 aliphatic rings. The van der Waals surface area contributed by atoms with E-state index in [2.05, 4.69) is 10.0 Å². The fourth-order valence-electron chi connectivity index (χ4n) is 3.07. The number of hydrogen-bond acceptors (Lipinski definition) is 4. The maximum atomic E-state index is 12.7. The van der Waals surface area contributed by atoms with Crippen LogP contribution in [0.15, 0.2) is 71.6 Å². The molecule has 0 spiro atoms. The highest BCUT2D eigenvalue weighted by Crippen LogP contribution is 2.21. The van der Waals surface area contributed by atoms with Crippen molar-refractivity contribution in [3.63, 3.8) is 0 Å². The molecule has 2 N–H and O–H groups in total. The molecule has 0 bridgehead atoms. The highest BCUT2D eigenvalue weighted by Gasteiger charge is 2.15. The van der Waals surface area contributed by atoms with Gasteiger partial charge in [0.15, 0.2) is 0 Å². The first-order valence-electron chi connectivity index (χ1n) is 9.52. The largest absolute Gasteiger partial charge is 0.494 e. The highest BCUT2D eigenvalue weighted by molar-refractivity contribution is 7.92. The molecular weight excluding hydrogens is 400 g/mol. The number of ether oxygens (including phenoxy) is 1. The number of nitrogens with one attached hydrogen (secondary N) is 2. The second-order valence-electron chi connectivity index (χ2n) is 6.92. The van der Waals surface area contributed by atoms with Crippen LogP contribution < -0.4 is 14.8 Å². The molecule has 0 saturated heterocycles. The number of anilines is 2. The minimum Gasteiger partial charge on any atom is -0.494 e. The smallest absolute Gasteiger partial charge is 0.261 e. The first-order valence-corrected chi connectivity index (χ1v) is 11.0. The molecule has 6 nitrogen and oxygen atoms in total. The molecule has 0 aromatic heterocycles. The van der Waals surface area contributed by atoms with E-state index >= 15 is 0 Å². The van der Waals surface area contributed by atoms with E-state index in [0.717, 1.165) is 11.1 Å². The van der Waals surface area contributed by atoms with E-state index in [-0.39, 0.29) is 10.8 Å². The standard InChI is InChI=1S/C23H24N2O4S/c1-4-29-21-8-10-22(11-9-21)30(27,28)25-19-7-5-6-18(15-19)23(26)24-20-13-16(2)12-17(3)14-20/h5-15,25H,4H2,1-3H3,(H,24,26). The Hall–Kier alpha value is -3.32. The third kappa shape index (κ3) is 5.39. The second kappa shape index (κ2) is 9.00. The third-order valence-corrected chi connectivity index (χ3v) is 5.70. The molecule has 0 fully saturated rings. The predicted octanol–water partition coefficient (Wildman–Crippen LogP) is 4.76. The molecule has 3 aromatic rings. The molecule has 0 unspecified atom stereocenters. The topological polar surface area (TPSA) is 84.5 Å². The lowest BCUT2D eigenvalue weighted by Gasteiger charge is -2.11. The van der Waals surface area contributed by atoms with Crippen LogP contribution in [0.2, 0.25) is 0 Å². The zero-order valence-corrected chi connectivity index (χ0v) is 17.9. The summed E-state index contributed by atoms with van der Waals surface area (Å²) < 4.78 is 33.2. The van der Waals surface area contributed by atoms with Crippen molar-refractivity contribution in [1.29, 1.82) is 0 Å². The number of sulfonamides is 1. The molecule has 0 heterocycles. The lowest BCUT2D eigenvalue weighted by atomic mass is 10.1. The Kier molecular flexibility index (Phi) is 6.42. The predicted molar refractivity (Wildman–Crippen MR) is 119 cm³/mol.